The second kappa shape index (κ2) is 6.09. The average molecular weight is 236 g/mol. The van der Waals surface area contributed by atoms with Crippen LogP contribution in [0.1, 0.15) is 33.6 Å². The zero-order chi connectivity index (χ0) is 12.8. The lowest BCUT2D eigenvalue weighted by Crippen LogP contribution is -2.30. The molecule has 0 fully saturated rings. The fourth-order valence-electron chi connectivity index (χ4n) is 1.15. The van der Waals surface area contributed by atoms with Gasteiger partial charge in [-0.1, -0.05) is 27.2 Å². The fourth-order valence-corrected chi connectivity index (χ4v) is 1.15. The number of nitrogens with zero attached hydrogens (tertiary/aromatic N) is 2. The number of rotatable bonds is 8. The Bertz CT molecular complexity index is 255. The van der Waals surface area contributed by atoms with Crippen molar-refractivity contribution in [2.24, 2.45) is 5.41 Å². The first-order valence-corrected chi connectivity index (χ1v) is 4.85. The first-order valence-electron chi connectivity index (χ1n) is 4.85. The van der Waals surface area contributed by atoms with Gasteiger partial charge in [-0.2, -0.15) is 0 Å². The lowest BCUT2D eigenvalue weighted by Gasteiger charge is -2.26. The molecule has 0 radical (unpaired) electrons. The molecule has 0 saturated heterocycles. The molecule has 0 aliphatic heterocycles. The summed E-state index contributed by atoms with van der Waals surface area (Å²) in [7, 11) is 0. The summed E-state index contributed by atoms with van der Waals surface area (Å²) >= 11 is 0. The van der Waals surface area contributed by atoms with Crippen LogP contribution in [0.15, 0.2) is 0 Å². The molecule has 0 aromatic heterocycles. The topological polar surface area (TPSA) is 105 Å². The van der Waals surface area contributed by atoms with Crippen LogP contribution in [-0.2, 0) is 9.68 Å². The predicted octanol–water partition coefficient (Wildman–Crippen LogP) is 1.60. The van der Waals surface area contributed by atoms with Crippen molar-refractivity contribution in [2.45, 2.75) is 39.7 Å². The lowest BCUT2D eigenvalue weighted by molar-refractivity contribution is -0.790. The van der Waals surface area contributed by atoms with Crippen LogP contribution in [0.4, 0.5) is 0 Å². The van der Waals surface area contributed by atoms with Crippen LogP contribution in [0.2, 0.25) is 0 Å². The minimum Gasteiger partial charge on any atom is -0.312 e. The first-order chi connectivity index (χ1) is 7.26. The van der Waals surface area contributed by atoms with Crippen LogP contribution in [-0.4, -0.2) is 22.9 Å². The van der Waals surface area contributed by atoms with E-state index in [9.17, 15) is 20.2 Å². The summed E-state index contributed by atoms with van der Waals surface area (Å²) in [6.45, 7) is 5.29. The summed E-state index contributed by atoms with van der Waals surface area (Å²) in [4.78, 5) is 28.6. The quantitative estimate of drug-likeness (QED) is 0.468. The van der Waals surface area contributed by atoms with Crippen molar-refractivity contribution < 1.29 is 19.8 Å². The molecule has 0 aromatic carbocycles. The van der Waals surface area contributed by atoms with Crippen molar-refractivity contribution in [2.75, 3.05) is 6.61 Å². The maximum Gasteiger partial charge on any atom is 0.294 e. The Labute approximate surface area is 92.7 Å². The van der Waals surface area contributed by atoms with Gasteiger partial charge in [0.05, 0.1) is 0 Å². The van der Waals surface area contributed by atoms with Gasteiger partial charge in [0.1, 0.15) is 12.7 Å². The smallest absolute Gasteiger partial charge is 0.294 e. The highest BCUT2D eigenvalue weighted by molar-refractivity contribution is 4.71. The molecule has 94 valence electrons. The van der Waals surface area contributed by atoms with Gasteiger partial charge < -0.3 is 9.68 Å². The Morgan fingerprint density at radius 1 is 1.25 bits per heavy atom. The van der Waals surface area contributed by atoms with Crippen molar-refractivity contribution in [3.63, 3.8) is 0 Å². The molecule has 1 atom stereocenters. The van der Waals surface area contributed by atoms with Gasteiger partial charge in [0.15, 0.2) is 0 Å². The molecular formula is C8H16N2O6. The molecule has 0 saturated carbocycles. The van der Waals surface area contributed by atoms with Gasteiger partial charge in [0.2, 0.25) is 0 Å². The Morgan fingerprint density at radius 3 is 2.19 bits per heavy atom. The van der Waals surface area contributed by atoms with Crippen molar-refractivity contribution >= 4 is 0 Å². The van der Waals surface area contributed by atoms with Crippen LogP contribution in [0.25, 0.3) is 0 Å². The fraction of sp³-hybridized carbons (Fsp3) is 1.00. The summed E-state index contributed by atoms with van der Waals surface area (Å²) in [6, 6.07) is 0. The van der Waals surface area contributed by atoms with Crippen molar-refractivity contribution in [1.82, 2.24) is 0 Å². The highest BCUT2D eigenvalue weighted by Gasteiger charge is 2.25. The highest BCUT2D eigenvalue weighted by Crippen LogP contribution is 2.27. The maximum absolute atomic E-state index is 10.2. The minimum atomic E-state index is -0.991. The molecule has 16 heavy (non-hydrogen) atoms. The third kappa shape index (κ3) is 6.80. The van der Waals surface area contributed by atoms with Crippen LogP contribution in [0.5, 0.6) is 0 Å². The Morgan fingerprint density at radius 2 is 1.81 bits per heavy atom. The van der Waals surface area contributed by atoms with E-state index in [1.807, 2.05) is 20.8 Å². The van der Waals surface area contributed by atoms with Gasteiger partial charge in [-0.25, -0.2) is 0 Å². The molecule has 0 rings (SSSR count). The molecule has 0 N–H and O–H groups in total. The Kier molecular flexibility index (Phi) is 5.48. The molecule has 0 amide bonds. The number of hydrogen-bond acceptors (Lipinski definition) is 6. The van der Waals surface area contributed by atoms with E-state index in [0.717, 1.165) is 6.42 Å². The minimum absolute atomic E-state index is 0.194. The summed E-state index contributed by atoms with van der Waals surface area (Å²) in [5.74, 6) is 0. The normalized spacial score (nSPS) is 12.9. The van der Waals surface area contributed by atoms with Gasteiger partial charge in [-0.15, -0.1) is 20.2 Å². The molecule has 0 bridgehead atoms. The van der Waals surface area contributed by atoms with E-state index in [1.54, 1.807) is 0 Å². The van der Waals surface area contributed by atoms with E-state index in [0.29, 0.717) is 6.42 Å². The molecule has 0 aromatic rings. The van der Waals surface area contributed by atoms with E-state index in [1.165, 1.54) is 0 Å². The zero-order valence-corrected chi connectivity index (χ0v) is 9.54. The lowest BCUT2D eigenvalue weighted by atomic mass is 9.84. The van der Waals surface area contributed by atoms with Gasteiger partial charge in [-0.3, -0.25) is 0 Å². The van der Waals surface area contributed by atoms with E-state index < -0.39 is 22.9 Å². The third-order valence-electron chi connectivity index (χ3n) is 2.34. The third-order valence-corrected chi connectivity index (χ3v) is 2.34. The second-order valence-electron chi connectivity index (χ2n) is 4.19. The molecule has 1 unspecified atom stereocenters. The Balaban J connectivity index is 4.30. The van der Waals surface area contributed by atoms with Gasteiger partial charge in [-0.05, 0) is 11.8 Å². The van der Waals surface area contributed by atoms with Crippen LogP contribution < -0.4 is 0 Å². The monoisotopic (exact) mass is 236 g/mol. The molecule has 0 aliphatic carbocycles. The highest BCUT2D eigenvalue weighted by atomic mass is 17.0. The molecule has 0 aliphatic rings. The van der Waals surface area contributed by atoms with Crippen molar-refractivity contribution in [3.8, 4) is 0 Å². The Hall–Kier alpha value is -1.60. The standard InChI is InChI=1S/C8H16N2O6/c1-4-8(2,3)5-7(16-10(13)14)6-15-9(11)12/h7H,4-6H2,1-3H3. The van der Waals surface area contributed by atoms with Gasteiger partial charge >= 0.3 is 0 Å². The molecule has 8 nitrogen and oxygen atoms in total. The predicted molar refractivity (Wildman–Crippen MR) is 53.5 cm³/mol. The van der Waals surface area contributed by atoms with Gasteiger partial charge in [0.25, 0.3) is 10.2 Å². The number of hydrogen-bond donors (Lipinski definition) is 0. The van der Waals surface area contributed by atoms with E-state index >= 15 is 0 Å². The SMILES string of the molecule is CCC(C)(C)CC(CO[N+](=O)[O-])O[N+](=O)[O-]. The molecule has 0 heterocycles. The van der Waals surface area contributed by atoms with E-state index in [-0.39, 0.29) is 5.41 Å². The zero-order valence-electron chi connectivity index (χ0n) is 9.54. The second-order valence-corrected chi connectivity index (χ2v) is 4.19. The first kappa shape index (κ1) is 14.4. The molecular weight excluding hydrogens is 220 g/mol. The van der Waals surface area contributed by atoms with E-state index in [4.69, 9.17) is 0 Å². The van der Waals surface area contributed by atoms with Crippen LogP contribution >= 0.6 is 0 Å². The van der Waals surface area contributed by atoms with Crippen LogP contribution in [0, 0.1) is 25.6 Å². The van der Waals surface area contributed by atoms with Crippen molar-refractivity contribution in [1.29, 1.82) is 0 Å². The van der Waals surface area contributed by atoms with Gasteiger partial charge in [0, 0.05) is 0 Å². The van der Waals surface area contributed by atoms with Crippen LogP contribution in [0.3, 0.4) is 0 Å². The van der Waals surface area contributed by atoms with E-state index in [2.05, 4.69) is 9.68 Å². The molecule has 8 heteroatoms. The maximum atomic E-state index is 10.2. The largest absolute Gasteiger partial charge is 0.312 e. The summed E-state index contributed by atoms with van der Waals surface area (Å²) in [5.41, 5.74) is -0.194. The van der Waals surface area contributed by atoms with Crippen molar-refractivity contribution in [3.05, 3.63) is 20.2 Å². The average Bonchev–Trinajstić information content (AvgIpc) is 2.13. The summed E-state index contributed by atoms with van der Waals surface area (Å²) < 4.78 is 0. The molecule has 0 spiro atoms. The summed E-state index contributed by atoms with van der Waals surface area (Å²) in [5, 5.41) is 18.2. The summed E-state index contributed by atoms with van der Waals surface area (Å²) in [6.07, 6.45) is 0.178.